The van der Waals surface area contributed by atoms with Crippen LogP contribution < -0.4 is 5.73 Å². The minimum Gasteiger partial charge on any atom is -0.481 e. The van der Waals surface area contributed by atoms with Gasteiger partial charge in [-0.15, -0.1) is 0 Å². The maximum absolute atomic E-state index is 11.3. The quantitative estimate of drug-likeness (QED) is 0.668. The Kier molecular flexibility index (Phi) is 6.26. The van der Waals surface area contributed by atoms with Crippen molar-refractivity contribution in [3.63, 3.8) is 0 Å². The summed E-state index contributed by atoms with van der Waals surface area (Å²) in [6.07, 6.45) is 9.60. The molecule has 0 bridgehead atoms. The SMILES string of the molecule is Nc1ccc(-c2noc([C@H](CCCC3CCCCC3)CC(=O)O)n2)cc1. The van der Waals surface area contributed by atoms with Crippen molar-refractivity contribution in [3.05, 3.63) is 30.2 Å². The van der Waals surface area contributed by atoms with Crippen LogP contribution in [-0.2, 0) is 4.79 Å². The van der Waals surface area contributed by atoms with Crippen LogP contribution in [0.3, 0.4) is 0 Å². The molecular formula is C20H27N3O3. The van der Waals surface area contributed by atoms with Gasteiger partial charge in [0.1, 0.15) is 0 Å². The van der Waals surface area contributed by atoms with E-state index >= 15 is 0 Å². The topological polar surface area (TPSA) is 102 Å². The van der Waals surface area contributed by atoms with Gasteiger partial charge in [0.25, 0.3) is 0 Å². The van der Waals surface area contributed by atoms with E-state index in [1.165, 1.54) is 32.1 Å². The smallest absolute Gasteiger partial charge is 0.304 e. The lowest BCUT2D eigenvalue weighted by molar-refractivity contribution is -0.137. The summed E-state index contributed by atoms with van der Waals surface area (Å²) in [6, 6.07) is 7.23. The van der Waals surface area contributed by atoms with Gasteiger partial charge in [0.2, 0.25) is 11.7 Å². The van der Waals surface area contributed by atoms with Crippen molar-refractivity contribution in [2.45, 2.75) is 63.7 Å². The average molecular weight is 357 g/mol. The van der Waals surface area contributed by atoms with Crippen molar-refractivity contribution in [1.29, 1.82) is 0 Å². The van der Waals surface area contributed by atoms with Crippen molar-refractivity contribution >= 4 is 11.7 Å². The van der Waals surface area contributed by atoms with Crippen LogP contribution in [0.4, 0.5) is 5.69 Å². The van der Waals surface area contributed by atoms with Gasteiger partial charge in [0, 0.05) is 17.2 Å². The first-order valence-corrected chi connectivity index (χ1v) is 9.53. The standard InChI is InChI=1S/C20H27N3O3/c21-17-11-9-15(10-12-17)19-22-20(26-23-19)16(13-18(24)25)8-4-7-14-5-2-1-3-6-14/h9-12,14,16H,1-8,13,21H2,(H,24,25)/t16-/m1/s1. The molecule has 0 spiro atoms. The molecular weight excluding hydrogens is 330 g/mol. The van der Waals surface area contributed by atoms with E-state index in [9.17, 15) is 9.90 Å². The van der Waals surface area contributed by atoms with E-state index in [4.69, 9.17) is 10.3 Å². The summed E-state index contributed by atoms with van der Waals surface area (Å²) in [5.74, 6) is 0.624. The van der Waals surface area contributed by atoms with Crippen LogP contribution in [-0.4, -0.2) is 21.2 Å². The van der Waals surface area contributed by atoms with Gasteiger partial charge in [0.05, 0.1) is 6.42 Å². The Morgan fingerprint density at radius 3 is 2.65 bits per heavy atom. The Hall–Kier alpha value is -2.37. The van der Waals surface area contributed by atoms with Crippen LogP contribution in [0, 0.1) is 5.92 Å². The molecule has 1 aromatic heterocycles. The molecule has 1 heterocycles. The number of aliphatic carboxylic acids is 1. The predicted molar refractivity (Wildman–Crippen MR) is 99.6 cm³/mol. The number of benzene rings is 1. The number of carboxylic acids is 1. The molecule has 140 valence electrons. The van der Waals surface area contributed by atoms with Gasteiger partial charge in [-0.05, 0) is 36.6 Å². The summed E-state index contributed by atoms with van der Waals surface area (Å²) in [6.45, 7) is 0. The first-order valence-electron chi connectivity index (χ1n) is 9.53. The first-order chi connectivity index (χ1) is 12.6. The number of carbonyl (C=O) groups is 1. The Bertz CT molecular complexity index is 705. The molecule has 0 aliphatic heterocycles. The Balaban J connectivity index is 1.63. The highest BCUT2D eigenvalue weighted by Crippen LogP contribution is 2.31. The van der Waals surface area contributed by atoms with Crippen molar-refractivity contribution in [2.24, 2.45) is 5.92 Å². The Labute approximate surface area is 153 Å². The van der Waals surface area contributed by atoms with E-state index in [-0.39, 0.29) is 12.3 Å². The number of carboxylic acid groups (broad SMARTS) is 1. The normalized spacial score (nSPS) is 16.5. The molecule has 26 heavy (non-hydrogen) atoms. The second-order valence-corrected chi connectivity index (χ2v) is 7.31. The zero-order valence-corrected chi connectivity index (χ0v) is 15.1. The molecule has 0 unspecified atom stereocenters. The summed E-state index contributed by atoms with van der Waals surface area (Å²) in [7, 11) is 0. The third-order valence-electron chi connectivity index (χ3n) is 5.27. The molecule has 2 aromatic rings. The molecule has 1 aromatic carbocycles. The summed E-state index contributed by atoms with van der Waals surface area (Å²) < 4.78 is 5.40. The van der Waals surface area contributed by atoms with E-state index in [1.54, 1.807) is 12.1 Å². The van der Waals surface area contributed by atoms with E-state index in [0.29, 0.717) is 17.4 Å². The van der Waals surface area contributed by atoms with Crippen molar-refractivity contribution in [3.8, 4) is 11.4 Å². The molecule has 1 aliphatic carbocycles. The van der Waals surface area contributed by atoms with Crippen LogP contribution in [0.1, 0.15) is 69.6 Å². The number of hydrogen-bond acceptors (Lipinski definition) is 5. The summed E-state index contributed by atoms with van der Waals surface area (Å²) in [4.78, 5) is 15.7. The van der Waals surface area contributed by atoms with Gasteiger partial charge in [-0.25, -0.2) is 0 Å². The lowest BCUT2D eigenvalue weighted by Gasteiger charge is -2.21. The van der Waals surface area contributed by atoms with Gasteiger partial charge >= 0.3 is 5.97 Å². The van der Waals surface area contributed by atoms with E-state index in [0.717, 1.165) is 30.7 Å². The highest BCUT2D eigenvalue weighted by atomic mass is 16.5. The number of nitrogen functional groups attached to an aromatic ring is 1. The maximum atomic E-state index is 11.3. The number of anilines is 1. The van der Waals surface area contributed by atoms with E-state index < -0.39 is 5.97 Å². The van der Waals surface area contributed by atoms with Crippen LogP contribution in [0.15, 0.2) is 28.8 Å². The lowest BCUT2D eigenvalue weighted by atomic mass is 9.84. The maximum Gasteiger partial charge on any atom is 0.304 e. The summed E-state index contributed by atoms with van der Waals surface area (Å²) >= 11 is 0. The van der Waals surface area contributed by atoms with Gasteiger partial charge in [-0.3, -0.25) is 4.79 Å². The number of nitrogens with zero attached hydrogens (tertiary/aromatic N) is 2. The number of hydrogen-bond donors (Lipinski definition) is 2. The zero-order valence-electron chi connectivity index (χ0n) is 15.1. The van der Waals surface area contributed by atoms with Crippen LogP contribution >= 0.6 is 0 Å². The number of rotatable bonds is 8. The molecule has 6 heteroatoms. The van der Waals surface area contributed by atoms with Crippen LogP contribution in [0.5, 0.6) is 0 Å². The second kappa shape index (κ2) is 8.83. The lowest BCUT2D eigenvalue weighted by Crippen LogP contribution is -2.09. The van der Waals surface area contributed by atoms with Gasteiger partial charge < -0.3 is 15.4 Å². The minimum atomic E-state index is -0.833. The average Bonchev–Trinajstić information content (AvgIpc) is 3.12. The fourth-order valence-electron chi connectivity index (χ4n) is 3.80. The minimum absolute atomic E-state index is 0.0219. The van der Waals surface area contributed by atoms with Gasteiger partial charge in [0.15, 0.2) is 0 Å². The van der Waals surface area contributed by atoms with Crippen LogP contribution in [0.2, 0.25) is 0 Å². The van der Waals surface area contributed by atoms with Crippen molar-refractivity contribution in [1.82, 2.24) is 10.1 Å². The van der Waals surface area contributed by atoms with E-state index in [1.807, 2.05) is 12.1 Å². The van der Waals surface area contributed by atoms with Crippen LogP contribution in [0.25, 0.3) is 11.4 Å². The first kappa shape index (κ1) is 18.4. The Morgan fingerprint density at radius 1 is 1.23 bits per heavy atom. The molecule has 0 saturated heterocycles. The number of nitrogens with two attached hydrogens (primary N) is 1. The molecule has 1 saturated carbocycles. The summed E-state index contributed by atoms with van der Waals surface area (Å²) in [5, 5.41) is 13.3. The molecule has 1 atom stereocenters. The highest BCUT2D eigenvalue weighted by Gasteiger charge is 2.23. The van der Waals surface area contributed by atoms with Crippen molar-refractivity contribution in [2.75, 3.05) is 5.73 Å². The fourth-order valence-corrected chi connectivity index (χ4v) is 3.80. The fraction of sp³-hybridized carbons (Fsp3) is 0.550. The molecule has 0 amide bonds. The second-order valence-electron chi connectivity index (χ2n) is 7.31. The van der Waals surface area contributed by atoms with Gasteiger partial charge in [-0.1, -0.05) is 50.1 Å². The summed E-state index contributed by atoms with van der Waals surface area (Å²) in [5.41, 5.74) is 7.18. The third kappa shape index (κ3) is 5.07. The molecule has 1 fully saturated rings. The molecule has 0 radical (unpaired) electrons. The molecule has 1 aliphatic rings. The monoisotopic (exact) mass is 357 g/mol. The molecule has 3 rings (SSSR count). The highest BCUT2D eigenvalue weighted by molar-refractivity contribution is 5.67. The van der Waals surface area contributed by atoms with Crippen molar-refractivity contribution < 1.29 is 14.4 Å². The van der Waals surface area contributed by atoms with E-state index in [2.05, 4.69) is 10.1 Å². The number of aromatic nitrogens is 2. The third-order valence-corrected chi connectivity index (χ3v) is 5.27. The molecule has 3 N–H and O–H groups in total. The largest absolute Gasteiger partial charge is 0.481 e. The molecule has 6 nitrogen and oxygen atoms in total. The Morgan fingerprint density at radius 2 is 1.96 bits per heavy atom. The zero-order chi connectivity index (χ0) is 18.4. The van der Waals surface area contributed by atoms with Gasteiger partial charge in [-0.2, -0.15) is 4.98 Å². The predicted octanol–water partition coefficient (Wildman–Crippen LogP) is 4.63.